The maximum atomic E-state index is 14.6. The molecule has 3 aliphatic carbocycles. The van der Waals surface area contributed by atoms with Crippen LogP contribution in [0.2, 0.25) is 0 Å². The standard InChI is InChI=1S/C36H55N7O5/c1-5-10-25(19-28(44)39-24-15-16-24)40-34(47)30-26-14-9-13-23(26)21-43(30)35(48)31(36(2,3)4)42-33(46)29(22-11-7-6-8-12-22)41-32(45)27-20-37-17-18-38-27/h17-18,20,22-26,29-31H,5-16,19,21H2,1-4H3,(H,39,44)(H,40,47)(H,41,45)(H,42,46)/t23-,25-,26-,29-,30-,31+/m0/s1. The number of carbonyl (C=O) groups is 5. The van der Waals surface area contributed by atoms with E-state index in [4.69, 9.17) is 0 Å². The summed E-state index contributed by atoms with van der Waals surface area (Å²) in [6.45, 7) is 8.21. The third-order valence-corrected chi connectivity index (χ3v) is 10.7. The van der Waals surface area contributed by atoms with Gasteiger partial charge in [0.1, 0.15) is 23.8 Å². The molecule has 1 saturated heterocycles. The first-order chi connectivity index (χ1) is 23.0. The summed E-state index contributed by atoms with van der Waals surface area (Å²) in [7, 11) is 0. The Kier molecular flexibility index (Phi) is 11.7. The van der Waals surface area contributed by atoms with Gasteiger partial charge in [-0.15, -0.1) is 0 Å². The van der Waals surface area contributed by atoms with Crippen LogP contribution < -0.4 is 21.3 Å². The molecule has 0 bridgehead atoms. The highest BCUT2D eigenvalue weighted by molar-refractivity contribution is 5.98. The van der Waals surface area contributed by atoms with Crippen LogP contribution in [0.25, 0.3) is 0 Å². The minimum Gasteiger partial charge on any atom is -0.353 e. The maximum Gasteiger partial charge on any atom is 0.272 e. The Hall–Kier alpha value is -3.57. The highest BCUT2D eigenvalue weighted by Gasteiger charge is 2.52. The van der Waals surface area contributed by atoms with Gasteiger partial charge < -0.3 is 26.2 Å². The fourth-order valence-corrected chi connectivity index (χ4v) is 8.01. The van der Waals surface area contributed by atoms with Gasteiger partial charge in [0.05, 0.1) is 6.20 Å². The van der Waals surface area contributed by atoms with Gasteiger partial charge in [0.25, 0.3) is 5.91 Å². The average Bonchev–Trinajstić information content (AvgIpc) is 3.62. The Bertz CT molecular complexity index is 1310. The normalized spacial score (nSPS) is 24.6. The van der Waals surface area contributed by atoms with E-state index in [0.29, 0.717) is 13.0 Å². The molecular formula is C36H55N7O5. The number of nitrogens with zero attached hydrogens (tertiary/aromatic N) is 3. The summed E-state index contributed by atoms with van der Waals surface area (Å²) in [5, 5.41) is 12.2. The molecule has 5 amide bonds. The number of aromatic nitrogens is 2. The molecule has 6 atom stereocenters. The number of amides is 5. The van der Waals surface area contributed by atoms with Gasteiger partial charge in [-0.2, -0.15) is 0 Å². The zero-order valence-corrected chi connectivity index (χ0v) is 29.1. The average molecular weight is 666 g/mol. The molecule has 1 aromatic heterocycles. The number of hydrogen-bond donors (Lipinski definition) is 4. The van der Waals surface area contributed by atoms with E-state index in [0.717, 1.165) is 70.6 Å². The number of fused-ring (bicyclic) bond motifs is 1. The Morgan fingerprint density at radius 2 is 1.67 bits per heavy atom. The smallest absolute Gasteiger partial charge is 0.272 e. The van der Waals surface area contributed by atoms with Gasteiger partial charge in [0.15, 0.2) is 0 Å². The van der Waals surface area contributed by atoms with Gasteiger partial charge in [-0.3, -0.25) is 29.0 Å². The van der Waals surface area contributed by atoms with E-state index in [9.17, 15) is 24.0 Å². The summed E-state index contributed by atoms with van der Waals surface area (Å²) in [5.74, 6) is -1.27. The third-order valence-electron chi connectivity index (χ3n) is 10.7. The molecule has 12 heteroatoms. The molecule has 1 aliphatic heterocycles. The van der Waals surface area contributed by atoms with Crippen LogP contribution in [0.3, 0.4) is 0 Å². The molecule has 4 aliphatic rings. The van der Waals surface area contributed by atoms with Crippen LogP contribution in [0.1, 0.15) is 122 Å². The van der Waals surface area contributed by atoms with E-state index in [-0.39, 0.29) is 59.7 Å². The van der Waals surface area contributed by atoms with Crippen molar-refractivity contribution >= 4 is 29.5 Å². The molecule has 5 rings (SSSR count). The number of rotatable bonds is 13. The van der Waals surface area contributed by atoms with Crippen molar-refractivity contribution in [1.29, 1.82) is 0 Å². The van der Waals surface area contributed by atoms with Crippen molar-refractivity contribution in [1.82, 2.24) is 36.1 Å². The molecule has 0 radical (unpaired) electrons. The Morgan fingerprint density at radius 3 is 2.31 bits per heavy atom. The summed E-state index contributed by atoms with van der Waals surface area (Å²) in [6, 6.07) is -2.49. The van der Waals surface area contributed by atoms with Gasteiger partial charge in [-0.05, 0) is 68.1 Å². The number of hydrogen-bond acceptors (Lipinski definition) is 7. The first kappa shape index (κ1) is 35.7. The molecule has 12 nitrogen and oxygen atoms in total. The quantitative estimate of drug-likeness (QED) is 0.251. The van der Waals surface area contributed by atoms with Crippen molar-refractivity contribution in [2.24, 2.45) is 23.2 Å². The summed E-state index contributed by atoms with van der Waals surface area (Å²) in [4.78, 5) is 78.5. The third kappa shape index (κ3) is 8.91. The largest absolute Gasteiger partial charge is 0.353 e. The van der Waals surface area contributed by atoms with Crippen LogP contribution in [0.4, 0.5) is 0 Å². The second-order valence-electron chi connectivity index (χ2n) is 15.6. The zero-order chi connectivity index (χ0) is 34.4. The van der Waals surface area contributed by atoms with E-state index in [1.165, 1.54) is 18.6 Å². The molecule has 0 unspecified atom stereocenters. The summed E-state index contributed by atoms with van der Waals surface area (Å²) < 4.78 is 0. The number of nitrogens with one attached hydrogen (secondary N) is 4. The van der Waals surface area contributed by atoms with Crippen LogP contribution in [0, 0.1) is 23.2 Å². The van der Waals surface area contributed by atoms with E-state index in [2.05, 4.69) is 31.2 Å². The van der Waals surface area contributed by atoms with E-state index in [1.54, 1.807) is 4.90 Å². The molecule has 3 saturated carbocycles. The van der Waals surface area contributed by atoms with Crippen molar-refractivity contribution in [3.63, 3.8) is 0 Å². The minimum atomic E-state index is -0.922. The molecule has 48 heavy (non-hydrogen) atoms. The molecule has 0 aromatic carbocycles. The van der Waals surface area contributed by atoms with E-state index in [1.807, 2.05) is 27.7 Å². The van der Waals surface area contributed by atoms with Gasteiger partial charge in [-0.25, -0.2) is 4.98 Å². The molecule has 0 spiro atoms. The maximum absolute atomic E-state index is 14.6. The number of carbonyl (C=O) groups excluding carboxylic acids is 5. The van der Waals surface area contributed by atoms with Gasteiger partial charge in [0.2, 0.25) is 23.6 Å². The highest BCUT2D eigenvalue weighted by Crippen LogP contribution is 2.43. The topological polar surface area (TPSA) is 162 Å². The Labute approximate surface area is 284 Å². The van der Waals surface area contributed by atoms with Crippen molar-refractivity contribution in [3.8, 4) is 0 Å². The van der Waals surface area contributed by atoms with Crippen LogP contribution in [-0.4, -0.2) is 81.2 Å². The van der Waals surface area contributed by atoms with Gasteiger partial charge >= 0.3 is 0 Å². The lowest BCUT2D eigenvalue weighted by atomic mass is 9.82. The van der Waals surface area contributed by atoms with E-state index < -0.39 is 35.4 Å². The second kappa shape index (κ2) is 15.8. The summed E-state index contributed by atoms with van der Waals surface area (Å²) in [5.41, 5.74) is -0.554. The van der Waals surface area contributed by atoms with Crippen LogP contribution >= 0.6 is 0 Å². The molecule has 1 aromatic rings. The monoisotopic (exact) mass is 665 g/mol. The van der Waals surface area contributed by atoms with Gasteiger partial charge in [0, 0.05) is 37.4 Å². The minimum absolute atomic E-state index is 0.0362. The van der Waals surface area contributed by atoms with Crippen molar-refractivity contribution < 1.29 is 24.0 Å². The molecular weight excluding hydrogens is 610 g/mol. The lowest BCUT2D eigenvalue weighted by molar-refractivity contribution is -0.145. The SMILES string of the molecule is CCC[C@@H](CC(=O)NC1CC1)NC(=O)[C@@H]1[C@H]2CCC[C@H]2CN1C(=O)[C@@H](NC(=O)[C@@H](NC(=O)c1cnccn1)C1CCCCC1)C(C)(C)C. The lowest BCUT2D eigenvalue weighted by Crippen LogP contribution is -2.62. The first-order valence-electron chi connectivity index (χ1n) is 18.2. The van der Waals surface area contributed by atoms with E-state index >= 15 is 0 Å². The van der Waals surface area contributed by atoms with Crippen molar-refractivity contribution in [3.05, 3.63) is 24.3 Å². The van der Waals surface area contributed by atoms with Crippen LogP contribution in [0.15, 0.2) is 18.6 Å². The van der Waals surface area contributed by atoms with Crippen molar-refractivity contribution in [2.45, 2.75) is 141 Å². The molecule has 2 heterocycles. The predicted octanol–water partition coefficient (Wildman–Crippen LogP) is 3.27. The molecule has 264 valence electrons. The Morgan fingerprint density at radius 1 is 0.917 bits per heavy atom. The lowest BCUT2D eigenvalue weighted by Gasteiger charge is -2.38. The number of likely N-dealkylation sites (tertiary alicyclic amines) is 1. The van der Waals surface area contributed by atoms with Crippen molar-refractivity contribution in [2.75, 3.05) is 6.54 Å². The first-order valence-corrected chi connectivity index (χ1v) is 18.2. The molecule has 4 fully saturated rings. The van der Waals surface area contributed by atoms with Gasteiger partial charge in [-0.1, -0.05) is 59.8 Å². The fourth-order valence-electron chi connectivity index (χ4n) is 8.01. The second-order valence-corrected chi connectivity index (χ2v) is 15.6. The fraction of sp³-hybridized carbons (Fsp3) is 0.750. The highest BCUT2D eigenvalue weighted by atomic mass is 16.2. The van der Waals surface area contributed by atoms with Crippen LogP contribution in [-0.2, 0) is 19.2 Å². The van der Waals surface area contributed by atoms with Crippen LogP contribution in [0.5, 0.6) is 0 Å². The molecule has 4 N–H and O–H groups in total. The zero-order valence-electron chi connectivity index (χ0n) is 29.1. The summed E-state index contributed by atoms with van der Waals surface area (Å²) >= 11 is 0. The predicted molar refractivity (Wildman–Crippen MR) is 180 cm³/mol. The summed E-state index contributed by atoms with van der Waals surface area (Å²) in [6.07, 6.45) is 15.4. The Balaban J connectivity index is 1.34.